The van der Waals surface area contributed by atoms with Crippen molar-refractivity contribution >= 4 is 75.6 Å². The highest BCUT2D eigenvalue weighted by atomic mass is 35.5. The lowest BCUT2D eigenvalue weighted by Crippen LogP contribution is -2.44. The van der Waals surface area contributed by atoms with Crippen LogP contribution < -0.4 is 9.62 Å². The fourth-order valence-electron chi connectivity index (χ4n) is 3.74. The number of aromatic nitrogens is 1. The first-order valence-electron chi connectivity index (χ1n) is 10.4. The lowest BCUT2D eigenvalue weighted by molar-refractivity contribution is 0.0699. The maximum Gasteiger partial charge on any atom is 0.336 e. The fourth-order valence-corrected chi connectivity index (χ4v) is 4.88. The second-order valence-electron chi connectivity index (χ2n) is 8.21. The highest BCUT2D eigenvalue weighted by molar-refractivity contribution is 7.92. The number of likely N-dealkylation sites (N-methyl/N-ethyl adjacent to an activating group) is 1. The number of rotatable bonds is 5. The third-order valence-electron chi connectivity index (χ3n) is 5.89. The summed E-state index contributed by atoms with van der Waals surface area (Å²) in [5.74, 6) is -0.464. The summed E-state index contributed by atoms with van der Waals surface area (Å²) in [5.41, 5.74) is 2.76. The number of anilines is 2. The van der Waals surface area contributed by atoms with Crippen LogP contribution in [-0.4, -0.2) is 62.6 Å². The predicted octanol–water partition coefficient (Wildman–Crippen LogP) is 4.37. The van der Waals surface area contributed by atoms with Crippen LogP contribution in [0.15, 0.2) is 47.4 Å². The zero-order valence-electron chi connectivity index (χ0n) is 19.5. The molecule has 0 saturated carbocycles. The Labute approximate surface area is 224 Å². The number of nitrogens with zero attached hydrogens (tertiary/aromatic N) is 3. The standard InChI is InChI=1S/C23H26N4O4S.3ClH/c1-15-4-6-18(12-16(15)2)32(30,31)25-17-5-7-21-19(13-17)20(23(28)29)14-22(24-21)27-10-8-26(3)9-11-27;;;/h4-7,12-14,25H,8-11H2,1-3H3,(H,28,29);3*1H. The number of fused-ring (bicyclic) bond motifs is 1. The Morgan fingerprint density at radius 2 is 1.60 bits per heavy atom. The van der Waals surface area contributed by atoms with E-state index < -0.39 is 16.0 Å². The van der Waals surface area contributed by atoms with E-state index in [1.54, 1.807) is 36.4 Å². The number of aromatic carboxylic acids is 1. The van der Waals surface area contributed by atoms with Crippen molar-refractivity contribution in [1.29, 1.82) is 0 Å². The molecule has 1 fully saturated rings. The smallest absolute Gasteiger partial charge is 0.336 e. The number of benzene rings is 2. The molecule has 192 valence electrons. The molecule has 0 aliphatic carbocycles. The van der Waals surface area contributed by atoms with Gasteiger partial charge in [-0.2, -0.15) is 0 Å². The molecule has 0 atom stereocenters. The molecule has 2 aromatic carbocycles. The van der Waals surface area contributed by atoms with E-state index >= 15 is 0 Å². The normalized spacial score (nSPS) is 13.9. The summed E-state index contributed by atoms with van der Waals surface area (Å²) in [6, 6.07) is 11.3. The van der Waals surface area contributed by atoms with E-state index in [0.29, 0.717) is 16.7 Å². The lowest BCUT2D eigenvalue weighted by atomic mass is 10.1. The number of carboxylic acid groups (broad SMARTS) is 1. The first kappa shape index (κ1) is 30.7. The van der Waals surface area contributed by atoms with Crippen LogP contribution in [0.4, 0.5) is 11.5 Å². The summed E-state index contributed by atoms with van der Waals surface area (Å²) in [5, 5.41) is 10.2. The molecule has 2 heterocycles. The first-order valence-corrected chi connectivity index (χ1v) is 11.8. The molecule has 0 unspecified atom stereocenters. The fraction of sp³-hybridized carbons (Fsp3) is 0.304. The van der Waals surface area contributed by atoms with Crippen molar-refractivity contribution in [3.63, 3.8) is 0 Å². The number of hydrogen-bond donors (Lipinski definition) is 2. The van der Waals surface area contributed by atoms with Gasteiger partial charge in [-0.05, 0) is 68.4 Å². The number of pyridine rings is 1. The summed E-state index contributed by atoms with van der Waals surface area (Å²) in [4.78, 5) is 21.1. The molecule has 0 amide bonds. The van der Waals surface area contributed by atoms with Gasteiger partial charge in [-0.25, -0.2) is 18.2 Å². The van der Waals surface area contributed by atoms with Crippen LogP contribution >= 0.6 is 37.2 Å². The molecule has 0 spiro atoms. The van der Waals surface area contributed by atoms with Crippen molar-refractivity contribution in [2.45, 2.75) is 18.7 Å². The van der Waals surface area contributed by atoms with E-state index in [-0.39, 0.29) is 53.4 Å². The van der Waals surface area contributed by atoms with E-state index in [4.69, 9.17) is 0 Å². The van der Waals surface area contributed by atoms with Crippen molar-refractivity contribution < 1.29 is 18.3 Å². The molecule has 1 aromatic heterocycles. The third kappa shape index (κ3) is 6.68. The Morgan fingerprint density at radius 1 is 0.943 bits per heavy atom. The molecule has 3 aromatic rings. The van der Waals surface area contributed by atoms with Crippen molar-refractivity contribution in [3.8, 4) is 0 Å². The van der Waals surface area contributed by atoms with Gasteiger partial charge < -0.3 is 14.9 Å². The third-order valence-corrected chi connectivity index (χ3v) is 7.27. The molecule has 35 heavy (non-hydrogen) atoms. The van der Waals surface area contributed by atoms with E-state index in [1.807, 2.05) is 20.9 Å². The Bertz CT molecular complexity index is 1310. The summed E-state index contributed by atoms with van der Waals surface area (Å²) < 4.78 is 28.3. The molecule has 0 radical (unpaired) electrons. The van der Waals surface area contributed by atoms with Crippen molar-refractivity contribution in [3.05, 3.63) is 59.2 Å². The van der Waals surface area contributed by atoms with Crippen molar-refractivity contribution in [2.75, 3.05) is 42.8 Å². The van der Waals surface area contributed by atoms with E-state index in [0.717, 1.165) is 37.3 Å². The minimum atomic E-state index is -3.82. The van der Waals surface area contributed by atoms with Gasteiger partial charge in [0.15, 0.2) is 0 Å². The van der Waals surface area contributed by atoms with Gasteiger partial charge in [0.1, 0.15) is 5.82 Å². The molecule has 1 saturated heterocycles. The maximum atomic E-state index is 12.9. The second kappa shape index (κ2) is 12.1. The minimum absolute atomic E-state index is 0. The van der Waals surface area contributed by atoms with Crippen molar-refractivity contribution in [1.82, 2.24) is 9.88 Å². The number of hydrogen-bond acceptors (Lipinski definition) is 6. The number of halogens is 3. The van der Waals surface area contributed by atoms with Crippen LogP contribution in [0.1, 0.15) is 21.5 Å². The number of carboxylic acids is 1. The molecule has 8 nitrogen and oxygen atoms in total. The summed E-state index contributed by atoms with van der Waals surface area (Å²) in [6.45, 7) is 7.05. The van der Waals surface area contributed by atoms with Crippen LogP contribution in [0.5, 0.6) is 0 Å². The average Bonchev–Trinajstić information content (AvgIpc) is 2.75. The lowest BCUT2D eigenvalue weighted by Gasteiger charge is -2.33. The van der Waals surface area contributed by atoms with Gasteiger partial charge >= 0.3 is 5.97 Å². The van der Waals surface area contributed by atoms with Gasteiger partial charge in [-0.1, -0.05) is 6.07 Å². The predicted molar refractivity (Wildman–Crippen MR) is 147 cm³/mol. The van der Waals surface area contributed by atoms with Gasteiger partial charge in [0.05, 0.1) is 16.0 Å². The monoisotopic (exact) mass is 562 g/mol. The maximum absolute atomic E-state index is 12.9. The van der Waals surface area contributed by atoms with Gasteiger partial charge in [0, 0.05) is 37.3 Å². The number of sulfonamides is 1. The molecule has 12 heteroatoms. The molecule has 1 aliphatic heterocycles. The van der Waals surface area contributed by atoms with Crippen LogP contribution in [0, 0.1) is 13.8 Å². The zero-order valence-corrected chi connectivity index (χ0v) is 22.8. The Kier molecular flexibility index (Phi) is 10.6. The average molecular weight is 564 g/mol. The SMILES string of the molecule is Cc1ccc(S(=O)(=O)Nc2ccc3nc(N4CCN(C)CC4)cc(C(=O)O)c3c2)cc1C.Cl.Cl.Cl. The van der Waals surface area contributed by atoms with E-state index in [2.05, 4.69) is 19.5 Å². The summed E-state index contributed by atoms with van der Waals surface area (Å²) >= 11 is 0. The minimum Gasteiger partial charge on any atom is -0.478 e. The van der Waals surface area contributed by atoms with E-state index in [1.165, 1.54) is 6.07 Å². The molecule has 1 aliphatic rings. The number of nitrogens with one attached hydrogen (secondary N) is 1. The Balaban J connectivity index is 0.00000204. The highest BCUT2D eigenvalue weighted by Gasteiger charge is 2.20. The molecule has 0 bridgehead atoms. The van der Waals surface area contributed by atoms with E-state index in [9.17, 15) is 18.3 Å². The summed E-state index contributed by atoms with van der Waals surface area (Å²) in [6.07, 6.45) is 0. The highest BCUT2D eigenvalue weighted by Crippen LogP contribution is 2.28. The van der Waals surface area contributed by atoms with Crippen LogP contribution in [0.2, 0.25) is 0 Å². The van der Waals surface area contributed by atoms with Crippen molar-refractivity contribution in [2.24, 2.45) is 0 Å². The Morgan fingerprint density at radius 3 is 2.20 bits per heavy atom. The number of piperazine rings is 1. The van der Waals surface area contributed by atoms with Gasteiger partial charge in [-0.15, -0.1) is 37.2 Å². The second-order valence-corrected chi connectivity index (χ2v) is 9.89. The quantitative estimate of drug-likeness (QED) is 0.475. The van der Waals surface area contributed by atoms with Crippen LogP contribution in [0.25, 0.3) is 10.9 Å². The number of aryl methyl sites for hydroxylation is 2. The van der Waals surface area contributed by atoms with Gasteiger partial charge in [-0.3, -0.25) is 4.72 Å². The van der Waals surface area contributed by atoms with Crippen LogP contribution in [0.3, 0.4) is 0 Å². The number of carbonyl (C=O) groups is 1. The Hall–Kier alpha value is -2.30. The van der Waals surface area contributed by atoms with Gasteiger partial charge in [0.25, 0.3) is 10.0 Å². The first-order chi connectivity index (χ1) is 15.1. The molecular weight excluding hydrogens is 535 g/mol. The largest absolute Gasteiger partial charge is 0.478 e. The summed E-state index contributed by atoms with van der Waals surface area (Å²) in [7, 11) is -1.77. The molecular formula is C23H29Cl3N4O4S. The molecule has 2 N–H and O–H groups in total. The van der Waals surface area contributed by atoms with Crippen LogP contribution in [-0.2, 0) is 10.0 Å². The zero-order chi connectivity index (χ0) is 23.0. The van der Waals surface area contributed by atoms with Gasteiger partial charge in [0.2, 0.25) is 0 Å². The molecule has 4 rings (SSSR count). The topological polar surface area (TPSA) is 103 Å².